The number of ether oxygens (including phenoxy) is 1. The predicted octanol–water partition coefficient (Wildman–Crippen LogP) is 3.23. The van der Waals surface area contributed by atoms with Crippen molar-refractivity contribution in [3.63, 3.8) is 0 Å². The Kier molecular flexibility index (Phi) is 6.11. The summed E-state index contributed by atoms with van der Waals surface area (Å²) in [4.78, 5) is 39.0. The first-order chi connectivity index (χ1) is 14.1. The highest BCUT2D eigenvalue weighted by Gasteiger charge is 2.31. The van der Waals surface area contributed by atoms with E-state index in [9.17, 15) is 27.6 Å². The van der Waals surface area contributed by atoms with E-state index in [0.29, 0.717) is 23.4 Å². The van der Waals surface area contributed by atoms with Gasteiger partial charge < -0.3 is 14.5 Å². The van der Waals surface area contributed by atoms with Gasteiger partial charge in [-0.1, -0.05) is 23.7 Å². The van der Waals surface area contributed by atoms with Gasteiger partial charge in [0.05, 0.1) is 22.5 Å². The molecule has 8 nitrogen and oxygen atoms in total. The summed E-state index contributed by atoms with van der Waals surface area (Å²) >= 11 is 5.69. The van der Waals surface area contributed by atoms with Gasteiger partial charge >= 0.3 is 17.9 Å². The lowest BCUT2D eigenvalue weighted by atomic mass is 10.3. The highest BCUT2D eigenvalue weighted by Crippen LogP contribution is 2.32. The van der Waals surface area contributed by atoms with Crippen LogP contribution in [0.2, 0.25) is 5.02 Å². The number of anilines is 1. The summed E-state index contributed by atoms with van der Waals surface area (Å²) in [5, 5.41) is 1.73. The van der Waals surface area contributed by atoms with E-state index in [0.717, 1.165) is 0 Å². The molecule has 0 unspecified atom stereocenters. The Morgan fingerprint density at radius 3 is 2.70 bits per heavy atom. The van der Waals surface area contributed by atoms with Crippen LogP contribution in [0.4, 0.5) is 19.0 Å². The van der Waals surface area contributed by atoms with Gasteiger partial charge in [0, 0.05) is 12.7 Å². The summed E-state index contributed by atoms with van der Waals surface area (Å²) in [6, 6.07) is 7.27. The van der Waals surface area contributed by atoms with Crippen molar-refractivity contribution in [3.05, 3.63) is 57.7 Å². The third kappa shape index (κ3) is 4.98. The molecule has 30 heavy (non-hydrogen) atoms. The number of amides is 1. The smallest absolute Gasteiger partial charge is 0.419 e. The van der Waals surface area contributed by atoms with Gasteiger partial charge in [0.15, 0.2) is 18.0 Å². The molecule has 0 aliphatic rings. The normalized spacial score (nSPS) is 11.5. The van der Waals surface area contributed by atoms with E-state index >= 15 is 0 Å². The van der Waals surface area contributed by atoms with Crippen LogP contribution in [-0.4, -0.2) is 28.0 Å². The number of carbonyl (C=O) groups excluding carboxylic acids is 2. The van der Waals surface area contributed by atoms with E-state index < -0.39 is 41.0 Å². The largest absolute Gasteiger partial charge is 0.456 e. The number of rotatable bonds is 6. The van der Waals surface area contributed by atoms with Crippen LogP contribution >= 0.6 is 11.6 Å². The van der Waals surface area contributed by atoms with Crippen molar-refractivity contribution in [2.45, 2.75) is 19.1 Å². The molecular weight excluding hydrogens is 431 g/mol. The van der Waals surface area contributed by atoms with E-state index in [-0.39, 0.29) is 18.8 Å². The van der Waals surface area contributed by atoms with Crippen LogP contribution < -0.4 is 11.1 Å². The monoisotopic (exact) mass is 443 g/mol. The third-order valence-electron chi connectivity index (χ3n) is 3.90. The number of aryl methyl sites for hydroxylation is 1. The van der Waals surface area contributed by atoms with Gasteiger partial charge in [-0.25, -0.2) is 9.78 Å². The molecule has 0 radical (unpaired) electrons. The summed E-state index contributed by atoms with van der Waals surface area (Å²) < 4.78 is 48.8. The maximum atomic E-state index is 12.6. The van der Waals surface area contributed by atoms with Crippen molar-refractivity contribution in [3.8, 4) is 0 Å². The third-order valence-corrected chi connectivity index (χ3v) is 4.19. The second kappa shape index (κ2) is 8.57. The Bertz CT molecular complexity index is 1160. The molecule has 0 aliphatic carbocycles. The van der Waals surface area contributed by atoms with Crippen molar-refractivity contribution < 1.29 is 31.9 Å². The number of nitrogens with one attached hydrogen (secondary N) is 1. The Morgan fingerprint density at radius 2 is 2.00 bits per heavy atom. The Balaban J connectivity index is 1.52. The molecule has 0 fully saturated rings. The molecule has 0 atom stereocenters. The lowest BCUT2D eigenvalue weighted by molar-refractivity contribution is -0.147. The van der Waals surface area contributed by atoms with Gasteiger partial charge in [0.1, 0.15) is 0 Å². The fraction of sp³-hybridized carbons (Fsp3) is 0.222. The number of alkyl halides is 3. The molecule has 0 aliphatic heterocycles. The number of aromatic nitrogens is 2. The maximum Gasteiger partial charge on any atom is 0.419 e. The summed E-state index contributed by atoms with van der Waals surface area (Å²) in [7, 11) is 0. The van der Waals surface area contributed by atoms with Crippen LogP contribution in [0.25, 0.3) is 11.1 Å². The van der Waals surface area contributed by atoms with E-state index in [1.807, 2.05) is 0 Å². The topological polar surface area (TPSA) is 103 Å². The number of para-hydroxylation sites is 2. The highest BCUT2D eigenvalue weighted by molar-refractivity contribution is 6.33. The number of carbonyl (C=O) groups is 2. The number of benzene rings is 1. The SMILES string of the molecule is O=C(COC(=O)CCn1c(=O)oc2ccccc21)Nc1ncc(C(F)(F)F)cc1Cl. The molecule has 1 aromatic carbocycles. The average molecular weight is 444 g/mol. The second-order valence-corrected chi connectivity index (χ2v) is 6.41. The van der Waals surface area contributed by atoms with Gasteiger partial charge in [-0.15, -0.1) is 0 Å². The first-order valence-electron chi connectivity index (χ1n) is 8.42. The zero-order valence-corrected chi connectivity index (χ0v) is 15.8. The van der Waals surface area contributed by atoms with E-state index in [4.69, 9.17) is 20.8 Å². The lowest BCUT2D eigenvalue weighted by Crippen LogP contribution is -2.23. The molecule has 0 saturated heterocycles. The number of nitrogens with zero attached hydrogens (tertiary/aromatic N) is 2. The fourth-order valence-electron chi connectivity index (χ4n) is 2.50. The number of pyridine rings is 1. The molecule has 3 aromatic rings. The van der Waals surface area contributed by atoms with Gasteiger partial charge in [-0.3, -0.25) is 14.2 Å². The summed E-state index contributed by atoms with van der Waals surface area (Å²) in [5.74, 6) is -2.55. The minimum atomic E-state index is -4.63. The lowest BCUT2D eigenvalue weighted by Gasteiger charge is -2.10. The number of esters is 1. The summed E-state index contributed by atoms with van der Waals surface area (Å²) in [6.07, 6.45) is -4.33. The quantitative estimate of drug-likeness (QED) is 0.587. The molecule has 158 valence electrons. The second-order valence-electron chi connectivity index (χ2n) is 6.00. The standard InChI is InChI=1S/C18H13ClF3N3O5/c19-11-7-10(18(20,21)22)8-23-16(11)24-14(26)9-29-15(27)5-6-25-12-3-1-2-4-13(12)30-17(25)28/h1-4,7-8H,5-6,9H2,(H,23,24,26). The molecular formula is C18H13ClF3N3O5. The van der Waals surface area contributed by atoms with Crippen LogP contribution in [0.3, 0.4) is 0 Å². The first kappa shape index (κ1) is 21.4. The molecule has 0 saturated carbocycles. The Hall–Kier alpha value is -3.34. The number of oxazole rings is 1. The summed E-state index contributed by atoms with van der Waals surface area (Å²) in [5.41, 5.74) is -0.189. The molecule has 3 rings (SSSR count). The zero-order valence-electron chi connectivity index (χ0n) is 15.0. The van der Waals surface area contributed by atoms with Crippen LogP contribution in [0, 0.1) is 0 Å². The number of halogens is 4. The molecule has 2 aromatic heterocycles. The van der Waals surface area contributed by atoms with Crippen molar-refractivity contribution >= 4 is 40.4 Å². The predicted molar refractivity (Wildman–Crippen MR) is 98.9 cm³/mol. The first-order valence-corrected chi connectivity index (χ1v) is 8.79. The van der Waals surface area contributed by atoms with Crippen LogP contribution in [0.5, 0.6) is 0 Å². The molecule has 0 spiro atoms. The number of hydrogen-bond donors (Lipinski definition) is 1. The van der Waals surface area contributed by atoms with Gasteiger partial charge in [-0.2, -0.15) is 13.2 Å². The van der Waals surface area contributed by atoms with E-state index in [1.54, 1.807) is 24.3 Å². The number of fused-ring (bicyclic) bond motifs is 1. The minimum Gasteiger partial charge on any atom is -0.456 e. The van der Waals surface area contributed by atoms with Crippen molar-refractivity contribution in [2.75, 3.05) is 11.9 Å². The van der Waals surface area contributed by atoms with E-state index in [1.165, 1.54) is 4.57 Å². The molecule has 0 bridgehead atoms. The minimum absolute atomic E-state index is 0.0252. The molecule has 1 N–H and O–H groups in total. The van der Waals surface area contributed by atoms with Gasteiger partial charge in [0.25, 0.3) is 5.91 Å². The van der Waals surface area contributed by atoms with Gasteiger partial charge in [-0.05, 0) is 18.2 Å². The Labute approximate surface area is 171 Å². The fourth-order valence-corrected chi connectivity index (χ4v) is 2.71. The van der Waals surface area contributed by atoms with Crippen molar-refractivity contribution in [1.82, 2.24) is 9.55 Å². The highest BCUT2D eigenvalue weighted by atomic mass is 35.5. The molecule has 12 heteroatoms. The zero-order chi connectivity index (χ0) is 21.9. The van der Waals surface area contributed by atoms with Gasteiger partial charge in [0.2, 0.25) is 0 Å². The molecule has 2 heterocycles. The van der Waals surface area contributed by atoms with Crippen molar-refractivity contribution in [2.24, 2.45) is 0 Å². The van der Waals surface area contributed by atoms with Crippen LogP contribution in [0.1, 0.15) is 12.0 Å². The Morgan fingerprint density at radius 1 is 1.27 bits per heavy atom. The summed E-state index contributed by atoms with van der Waals surface area (Å²) in [6.45, 7) is -0.735. The van der Waals surface area contributed by atoms with E-state index in [2.05, 4.69) is 10.3 Å². The van der Waals surface area contributed by atoms with Crippen molar-refractivity contribution in [1.29, 1.82) is 0 Å². The molecule has 1 amide bonds. The average Bonchev–Trinajstić information content (AvgIpc) is 3.00. The van der Waals surface area contributed by atoms with Crippen LogP contribution in [-0.2, 0) is 27.0 Å². The maximum absolute atomic E-state index is 12.6. The van der Waals surface area contributed by atoms with Crippen LogP contribution in [0.15, 0.2) is 45.7 Å². The number of hydrogen-bond acceptors (Lipinski definition) is 6.